The van der Waals surface area contributed by atoms with Crippen LogP contribution >= 0.6 is 0 Å². The lowest BCUT2D eigenvalue weighted by Crippen LogP contribution is -2.36. The second-order valence-corrected chi connectivity index (χ2v) is 8.03. The molecule has 1 aromatic rings. The van der Waals surface area contributed by atoms with E-state index in [2.05, 4.69) is 0 Å². The van der Waals surface area contributed by atoms with Crippen LogP contribution in [-0.2, 0) is 20.7 Å². The van der Waals surface area contributed by atoms with Crippen molar-refractivity contribution in [3.63, 3.8) is 0 Å². The molecule has 0 bridgehead atoms. The molecule has 3 aliphatic heterocycles. The maximum atomic E-state index is 12.7. The van der Waals surface area contributed by atoms with Gasteiger partial charge < -0.3 is 23.8 Å². The lowest BCUT2D eigenvalue weighted by atomic mass is 9.98. The zero-order valence-electron chi connectivity index (χ0n) is 14.9. The first kappa shape index (κ1) is 16.4. The highest BCUT2D eigenvalue weighted by atomic mass is 16.7. The number of hydrogen-bond acceptors (Lipinski definition) is 5. The molecule has 1 aliphatic carbocycles. The zero-order valence-corrected chi connectivity index (χ0v) is 14.9. The van der Waals surface area contributed by atoms with Gasteiger partial charge in [-0.2, -0.15) is 0 Å². The van der Waals surface area contributed by atoms with Crippen LogP contribution < -0.4 is 9.47 Å². The Balaban J connectivity index is 1.16. The van der Waals surface area contributed by atoms with Gasteiger partial charge >= 0.3 is 0 Å². The van der Waals surface area contributed by atoms with E-state index in [-0.39, 0.29) is 24.4 Å². The molecule has 6 heteroatoms. The molecule has 3 heterocycles. The van der Waals surface area contributed by atoms with Gasteiger partial charge in [-0.25, -0.2) is 0 Å². The number of hydrogen-bond donors (Lipinski definition) is 0. The van der Waals surface area contributed by atoms with Gasteiger partial charge in [0.05, 0.1) is 24.7 Å². The Morgan fingerprint density at radius 1 is 1.27 bits per heavy atom. The van der Waals surface area contributed by atoms with Crippen LogP contribution in [0.5, 0.6) is 11.5 Å². The topological polar surface area (TPSA) is 57.2 Å². The van der Waals surface area contributed by atoms with Crippen molar-refractivity contribution >= 4 is 5.91 Å². The summed E-state index contributed by atoms with van der Waals surface area (Å²) < 4.78 is 22.8. The minimum atomic E-state index is -0.196. The summed E-state index contributed by atoms with van der Waals surface area (Å²) in [7, 11) is 0. The van der Waals surface area contributed by atoms with Crippen LogP contribution in [-0.4, -0.2) is 55.6 Å². The zero-order chi connectivity index (χ0) is 17.6. The van der Waals surface area contributed by atoms with Gasteiger partial charge in [-0.1, -0.05) is 6.07 Å². The molecule has 1 saturated carbocycles. The number of fused-ring (bicyclic) bond motifs is 1. The van der Waals surface area contributed by atoms with Crippen LogP contribution in [0.3, 0.4) is 0 Å². The number of amides is 1. The average Bonchev–Trinajstić information content (AvgIpc) is 3.06. The van der Waals surface area contributed by atoms with Gasteiger partial charge in [0.15, 0.2) is 11.5 Å². The molecule has 1 aromatic carbocycles. The number of nitrogens with zero attached hydrogens (tertiary/aromatic N) is 1. The highest BCUT2D eigenvalue weighted by molar-refractivity contribution is 5.79. The summed E-state index contributed by atoms with van der Waals surface area (Å²) in [6, 6.07) is 5.71. The molecule has 0 aromatic heterocycles. The third-order valence-corrected chi connectivity index (χ3v) is 5.90. The molecule has 2 saturated heterocycles. The van der Waals surface area contributed by atoms with Gasteiger partial charge in [-0.15, -0.1) is 0 Å². The van der Waals surface area contributed by atoms with E-state index in [1.165, 1.54) is 12.8 Å². The molecule has 140 valence electrons. The number of ether oxygens (including phenoxy) is 4. The fourth-order valence-electron chi connectivity index (χ4n) is 4.15. The first-order valence-corrected chi connectivity index (χ1v) is 9.61. The van der Waals surface area contributed by atoms with Gasteiger partial charge in [0.2, 0.25) is 12.7 Å². The minimum absolute atomic E-state index is 0.145. The summed E-state index contributed by atoms with van der Waals surface area (Å²) in [5.74, 6) is 2.39. The van der Waals surface area contributed by atoms with E-state index in [4.69, 9.17) is 18.9 Å². The van der Waals surface area contributed by atoms with Gasteiger partial charge in [-0.05, 0) is 42.9 Å². The van der Waals surface area contributed by atoms with E-state index >= 15 is 0 Å². The van der Waals surface area contributed by atoms with E-state index in [1.54, 1.807) is 0 Å². The van der Waals surface area contributed by atoms with Gasteiger partial charge in [-0.3, -0.25) is 4.79 Å². The quantitative estimate of drug-likeness (QED) is 0.806. The largest absolute Gasteiger partial charge is 0.454 e. The van der Waals surface area contributed by atoms with E-state index in [0.717, 1.165) is 49.0 Å². The minimum Gasteiger partial charge on any atom is -0.454 e. The molecule has 3 fully saturated rings. The summed E-state index contributed by atoms with van der Waals surface area (Å²) in [5.41, 5.74) is 0.761. The third kappa shape index (κ3) is 3.28. The van der Waals surface area contributed by atoms with Crippen LogP contribution in [0.15, 0.2) is 18.2 Å². The van der Waals surface area contributed by atoms with Crippen molar-refractivity contribution in [2.75, 3.05) is 33.1 Å². The number of likely N-dealkylation sites (tertiary alicyclic amines) is 1. The van der Waals surface area contributed by atoms with Crippen molar-refractivity contribution in [1.29, 1.82) is 0 Å². The van der Waals surface area contributed by atoms with Crippen molar-refractivity contribution < 1.29 is 23.7 Å². The number of benzene rings is 1. The monoisotopic (exact) mass is 359 g/mol. The predicted octanol–water partition coefficient (Wildman–Crippen LogP) is 2.14. The van der Waals surface area contributed by atoms with Crippen molar-refractivity contribution in [1.82, 2.24) is 4.90 Å². The number of carbonyl (C=O) groups is 1. The predicted molar refractivity (Wildman–Crippen MR) is 93.2 cm³/mol. The smallest absolute Gasteiger partial charge is 0.231 e. The number of rotatable bonds is 5. The Kier molecular flexibility index (Phi) is 4.05. The van der Waals surface area contributed by atoms with Gasteiger partial charge in [0.1, 0.15) is 0 Å². The van der Waals surface area contributed by atoms with Crippen LogP contribution in [0.4, 0.5) is 0 Å². The fourth-order valence-corrected chi connectivity index (χ4v) is 4.15. The molecular formula is C20H25NO5. The molecule has 0 N–H and O–H groups in total. The third-order valence-electron chi connectivity index (χ3n) is 5.90. The Morgan fingerprint density at radius 3 is 3.04 bits per heavy atom. The Morgan fingerprint density at radius 2 is 2.15 bits per heavy atom. The number of carbonyl (C=O) groups excluding carboxylic acids is 1. The molecule has 2 atom stereocenters. The molecule has 0 radical (unpaired) electrons. The van der Waals surface area contributed by atoms with Crippen molar-refractivity contribution in [2.24, 2.45) is 5.92 Å². The SMILES string of the molecule is O=C(Cc1ccc2c(c1)OCO2)N1CC[C@]2(C[C@@H](OCC3CC3)CO2)C1. The molecular weight excluding hydrogens is 334 g/mol. The van der Waals surface area contributed by atoms with Crippen LogP contribution in [0, 0.1) is 5.92 Å². The Bertz CT molecular complexity index is 703. The summed E-state index contributed by atoms with van der Waals surface area (Å²) >= 11 is 0. The van der Waals surface area contributed by atoms with Crippen LogP contribution in [0.2, 0.25) is 0 Å². The Labute approximate surface area is 153 Å². The maximum Gasteiger partial charge on any atom is 0.231 e. The van der Waals surface area contributed by atoms with Crippen LogP contribution in [0.1, 0.15) is 31.2 Å². The van der Waals surface area contributed by atoms with Crippen molar-refractivity contribution in [2.45, 2.75) is 43.8 Å². The molecule has 26 heavy (non-hydrogen) atoms. The summed E-state index contributed by atoms with van der Waals surface area (Å²) in [4.78, 5) is 14.7. The lowest BCUT2D eigenvalue weighted by molar-refractivity contribution is -0.130. The highest BCUT2D eigenvalue weighted by Gasteiger charge is 2.47. The normalized spacial score (nSPS) is 29.7. The first-order chi connectivity index (χ1) is 12.7. The molecule has 1 spiro atoms. The van der Waals surface area contributed by atoms with Gasteiger partial charge in [0.25, 0.3) is 0 Å². The van der Waals surface area contributed by atoms with E-state index in [1.807, 2.05) is 23.1 Å². The molecule has 1 amide bonds. The molecule has 0 unspecified atom stereocenters. The Hall–Kier alpha value is -1.79. The van der Waals surface area contributed by atoms with Gasteiger partial charge in [0, 0.05) is 26.1 Å². The lowest BCUT2D eigenvalue weighted by Gasteiger charge is -2.23. The highest BCUT2D eigenvalue weighted by Crippen LogP contribution is 2.38. The summed E-state index contributed by atoms with van der Waals surface area (Å²) in [5, 5.41) is 0. The first-order valence-electron chi connectivity index (χ1n) is 9.61. The average molecular weight is 359 g/mol. The summed E-state index contributed by atoms with van der Waals surface area (Å²) in [6.07, 6.45) is 5.01. The second kappa shape index (κ2) is 6.43. The van der Waals surface area contributed by atoms with Crippen LogP contribution in [0.25, 0.3) is 0 Å². The summed E-state index contributed by atoms with van der Waals surface area (Å²) in [6.45, 7) is 3.23. The van der Waals surface area contributed by atoms with Crippen molar-refractivity contribution in [3.05, 3.63) is 23.8 Å². The van der Waals surface area contributed by atoms with E-state index in [9.17, 15) is 4.79 Å². The fraction of sp³-hybridized carbons (Fsp3) is 0.650. The maximum absolute atomic E-state index is 12.7. The van der Waals surface area contributed by atoms with Crippen molar-refractivity contribution in [3.8, 4) is 11.5 Å². The second-order valence-electron chi connectivity index (χ2n) is 8.03. The molecule has 4 aliphatic rings. The molecule has 5 rings (SSSR count). The van der Waals surface area contributed by atoms with E-state index in [0.29, 0.717) is 19.6 Å². The molecule has 6 nitrogen and oxygen atoms in total. The standard InChI is InChI=1S/C20H25NO5/c22-19(8-15-3-4-17-18(7-15)25-13-24-17)21-6-5-20(12-21)9-16(11-26-20)23-10-14-1-2-14/h3-4,7,14,16H,1-2,5-6,8-13H2/t16-,20+/m1/s1. The van der Waals surface area contributed by atoms with E-state index < -0.39 is 0 Å².